The summed E-state index contributed by atoms with van der Waals surface area (Å²) >= 11 is 11.9. The first kappa shape index (κ1) is 23.3. The molecule has 0 aliphatic heterocycles. The van der Waals surface area contributed by atoms with Crippen LogP contribution in [-0.4, -0.2) is 36.1 Å². The summed E-state index contributed by atoms with van der Waals surface area (Å²) in [7, 11) is -3.89. The standard InChI is InChI=1S/C16H16Cl2F3N3O4S/c1-15(2,3)28-14(25)22-13-11(29(4,26)27)7-24(23-13)12-9(17)5-8(6-10(12)18)16(19,20)21/h5-7H,1-4H3,(H,22,23,25). The Kier molecular flexibility index (Phi) is 6.18. The van der Waals surface area contributed by atoms with Crippen molar-refractivity contribution in [2.75, 3.05) is 11.6 Å². The fourth-order valence-electron chi connectivity index (χ4n) is 2.18. The van der Waals surface area contributed by atoms with E-state index in [1.165, 1.54) is 0 Å². The molecular weight excluding hydrogens is 458 g/mol. The second-order valence-corrected chi connectivity index (χ2v) is 9.77. The molecule has 0 atom stereocenters. The molecule has 1 aromatic heterocycles. The van der Waals surface area contributed by atoms with Crippen molar-refractivity contribution in [2.24, 2.45) is 0 Å². The van der Waals surface area contributed by atoms with Crippen molar-refractivity contribution in [1.29, 1.82) is 0 Å². The zero-order valence-corrected chi connectivity index (χ0v) is 17.9. The Labute approximate surface area is 174 Å². The predicted molar refractivity (Wildman–Crippen MR) is 102 cm³/mol. The minimum absolute atomic E-state index is 0.191. The Bertz CT molecular complexity index is 1040. The third-order valence-corrected chi connectivity index (χ3v) is 4.95. The summed E-state index contributed by atoms with van der Waals surface area (Å²) in [5, 5.41) is 5.27. The van der Waals surface area contributed by atoms with Crippen molar-refractivity contribution in [1.82, 2.24) is 9.78 Å². The first-order valence-corrected chi connectivity index (χ1v) is 10.5. The largest absolute Gasteiger partial charge is 0.444 e. The molecule has 0 spiro atoms. The molecule has 1 N–H and O–H groups in total. The Morgan fingerprint density at radius 3 is 2.10 bits per heavy atom. The molecule has 0 aliphatic rings. The highest BCUT2D eigenvalue weighted by Gasteiger charge is 2.33. The van der Waals surface area contributed by atoms with Crippen LogP contribution in [0.2, 0.25) is 10.0 Å². The van der Waals surface area contributed by atoms with Crippen LogP contribution in [0.25, 0.3) is 5.69 Å². The molecule has 0 fully saturated rings. The van der Waals surface area contributed by atoms with Crippen LogP contribution in [0.4, 0.5) is 23.8 Å². The third-order valence-electron chi connectivity index (χ3n) is 3.27. The number of nitrogens with one attached hydrogen (secondary N) is 1. The van der Waals surface area contributed by atoms with E-state index in [9.17, 15) is 26.4 Å². The molecule has 7 nitrogen and oxygen atoms in total. The molecular formula is C16H16Cl2F3N3O4S. The number of amides is 1. The van der Waals surface area contributed by atoms with Gasteiger partial charge in [0, 0.05) is 6.26 Å². The number of aromatic nitrogens is 2. The number of rotatable bonds is 3. The maximum atomic E-state index is 12.9. The SMILES string of the molecule is CC(C)(C)OC(=O)Nc1nn(-c2c(Cl)cc(C(F)(F)F)cc2Cl)cc1S(C)(=O)=O. The second kappa shape index (κ2) is 7.69. The van der Waals surface area contributed by atoms with E-state index in [1.54, 1.807) is 20.8 Å². The first-order chi connectivity index (χ1) is 13.0. The summed E-state index contributed by atoms with van der Waals surface area (Å²) in [6.07, 6.45) is -3.82. The molecule has 1 amide bonds. The minimum atomic E-state index is -4.68. The fraction of sp³-hybridized carbons (Fsp3) is 0.375. The highest BCUT2D eigenvalue weighted by molar-refractivity contribution is 7.90. The van der Waals surface area contributed by atoms with E-state index in [1.807, 2.05) is 0 Å². The Morgan fingerprint density at radius 1 is 1.17 bits per heavy atom. The lowest BCUT2D eigenvalue weighted by atomic mass is 10.2. The zero-order valence-electron chi connectivity index (χ0n) is 15.6. The number of sulfone groups is 1. The summed E-state index contributed by atoms with van der Waals surface area (Å²) in [6, 6.07) is 1.26. The van der Waals surface area contributed by atoms with Crippen LogP contribution in [-0.2, 0) is 20.8 Å². The van der Waals surface area contributed by atoms with Gasteiger partial charge in [-0.05, 0) is 32.9 Å². The highest BCUT2D eigenvalue weighted by atomic mass is 35.5. The van der Waals surface area contributed by atoms with Crippen LogP contribution >= 0.6 is 23.2 Å². The summed E-state index contributed by atoms with van der Waals surface area (Å²) in [6.45, 7) is 4.80. The smallest absolute Gasteiger partial charge is 0.416 e. The van der Waals surface area contributed by atoms with E-state index in [-0.39, 0.29) is 5.69 Å². The van der Waals surface area contributed by atoms with E-state index >= 15 is 0 Å². The molecule has 2 rings (SSSR count). The Morgan fingerprint density at radius 2 is 1.69 bits per heavy atom. The average molecular weight is 474 g/mol. The number of ether oxygens (including phenoxy) is 1. The minimum Gasteiger partial charge on any atom is -0.444 e. The van der Waals surface area contributed by atoms with Gasteiger partial charge in [0.1, 0.15) is 16.2 Å². The van der Waals surface area contributed by atoms with E-state index in [4.69, 9.17) is 27.9 Å². The van der Waals surface area contributed by atoms with Gasteiger partial charge in [-0.15, -0.1) is 5.10 Å². The number of hydrogen-bond acceptors (Lipinski definition) is 5. The van der Waals surface area contributed by atoms with Gasteiger partial charge in [-0.3, -0.25) is 5.32 Å². The molecule has 1 aromatic carbocycles. The molecule has 13 heteroatoms. The maximum absolute atomic E-state index is 12.9. The number of carbonyl (C=O) groups excluding carboxylic acids is 1. The highest BCUT2D eigenvalue weighted by Crippen LogP contribution is 2.38. The van der Waals surface area contributed by atoms with Crippen LogP contribution < -0.4 is 5.32 Å². The molecule has 29 heavy (non-hydrogen) atoms. The molecule has 160 valence electrons. The summed E-state index contributed by atoms with van der Waals surface area (Å²) in [5.41, 5.74) is -2.14. The van der Waals surface area contributed by atoms with Gasteiger partial charge in [0.15, 0.2) is 15.7 Å². The van der Waals surface area contributed by atoms with Crippen LogP contribution in [0.1, 0.15) is 26.3 Å². The van der Waals surface area contributed by atoms with Crippen LogP contribution in [0.3, 0.4) is 0 Å². The van der Waals surface area contributed by atoms with Gasteiger partial charge in [0.25, 0.3) is 0 Å². The number of hydrogen-bond donors (Lipinski definition) is 1. The topological polar surface area (TPSA) is 90.3 Å². The van der Waals surface area contributed by atoms with Crippen LogP contribution in [0.5, 0.6) is 0 Å². The Hall–Kier alpha value is -1.98. The average Bonchev–Trinajstić information content (AvgIpc) is 2.86. The Balaban J connectivity index is 2.56. The van der Waals surface area contributed by atoms with Gasteiger partial charge in [-0.2, -0.15) is 13.2 Å². The van der Waals surface area contributed by atoms with Gasteiger partial charge in [0.05, 0.1) is 21.8 Å². The van der Waals surface area contributed by atoms with Gasteiger partial charge in [0.2, 0.25) is 0 Å². The van der Waals surface area contributed by atoms with Crippen LogP contribution in [0, 0.1) is 0 Å². The lowest BCUT2D eigenvalue weighted by Gasteiger charge is -2.19. The van der Waals surface area contributed by atoms with E-state index in [2.05, 4.69) is 10.4 Å². The lowest BCUT2D eigenvalue weighted by molar-refractivity contribution is -0.137. The van der Waals surface area contributed by atoms with Gasteiger partial charge < -0.3 is 4.74 Å². The van der Waals surface area contributed by atoms with Gasteiger partial charge in [-0.1, -0.05) is 23.2 Å². The second-order valence-electron chi connectivity index (χ2n) is 6.97. The number of benzene rings is 1. The summed E-state index contributed by atoms with van der Waals surface area (Å²) in [4.78, 5) is 11.6. The quantitative estimate of drug-likeness (QED) is 0.680. The van der Waals surface area contributed by atoms with Crippen molar-refractivity contribution < 1.29 is 31.1 Å². The molecule has 0 saturated heterocycles. The van der Waals surface area contributed by atoms with Gasteiger partial charge in [-0.25, -0.2) is 17.9 Å². The number of anilines is 1. The van der Waals surface area contributed by atoms with Crippen molar-refractivity contribution >= 4 is 45.0 Å². The number of nitrogens with zero attached hydrogens (tertiary/aromatic N) is 2. The van der Waals surface area contributed by atoms with E-state index in [0.29, 0.717) is 12.1 Å². The molecule has 0 unspecified atom stereocenters. The lowest BCUT2D eigenvalue weighted by Crippen LogP contribution is -2.27. The molecule has 0 aliphatic carbocycles. The van der Waals surface area contributed by atoms with E-state index < -0.39 is 54.0 Å². The predicted octanol–water partition coefficient (Wildman–Crippen LogP) is 4.95. The molecule has 1 heterocycles. The summed E-state index contributed by atoms with van der Waals surface area (Å²) in [5.74, 6) is -0.395. The number of carbonyl (C=O) groups is 1. The van der Waals surface area contributed by atoms with Crippen molar-refractivity contribution in [3.05, 3.63) is 33.9 Å². The van der Waals surface area contributed by atoms with Crippen molar-refractivity contribution in [3.8, 4) is 5.69 Å². The molecule has 0 bridgehead atoms. The van der Waals surface area contributed by atoms with Crippen LogP contribution in [0.15, 0.2) is 23.2 Å². The van der Waals surface area contributed by atoms with E-state index in [0.717, 1.165) is 17.1 Å². The monoisotopic (exact) mass is 473 g/mol. The molecule has 0 saturated carbocycles. The number of halogens is 5. The van der Waals surface area contributed by atoms with Crippen molar-refractivity contribution in [2.45, 2.75) is 37.4 Å². The first-order valence-electron chi connectivity index (χ1n) is 7.85. The number of alkyl halides is 3. The molecule has 0 radical (unpaired) electrons. The van der Waals surface area contributed by atoms with Gasteiger partial charge >= 0.3 is 12.3 Å². The van der Waals surface area contributed by atoms with Crippen molar-refractivity contribution in [3.63, 3.8) is 0 Å². The maximum Gasteiger partial charge on any atom is 0.416 e. The fourth-order valence-corrected chi connectivity index (χ4v) is 3.57. The normalized spacial score (nSPS) is 12.7. The summed E-state index contributed by atoms with van der Waals surface area (Å²) < 4.78 is 68.8. The zero-order chi connectivity index (χ0) is 22.4. The third kappa shape index (κ3) is 5.77. The molecule has 2 aromatic rings.